The van der Waals surface area contributed by atoms with Gasteiger partial charge in [-0.05, 0) is 11.6 Å². The van der Waals surface area contributed by atoms with Crippen molar-refractivity contribution in [2.75, 3.05) is 18.7 Å². The molecule has 0 amide bonds. The van der Waals surface area contributed by atoms with E-state index in [4.69, 9.17) is 22.1 Å². The molecule has 0 radical (unpaired) electrons. The van der Waals surface area contributed by atoms with Crippen LogP contribution in [-0.2, 0) is 0 Å². The van der Waals surface area contributed by atoms with Gasteiger partial charge in [-0.15, -0.1) is 11.6 Å². The first-order valence-electron chi connectivity index (χ1n) is 3.80. The third-order valence-corrected chi connectivity index (χ3v) is 1.70. The fourth-order valence-corrected chi connectivity index (χ4v) is 0.995. The molecule has 0 saturated heterocycles. The first kappa shape index (κ1) is 9.86. The lowest BCUT2D eigenvalue weighted by Gasteiger charge is -2.03. The van der Waals surface area contributed by atoms with E-state index in [0.717, 1.165) is 5.56 Å². The highest BCUT2D eigenvalue weighted by Crippen LogP contribution is 2.19. The maximum atomic E-state index is 5.54. The van der Waals surface area contributed by atoms with E-state index in [2.05, 4.69) is 4.98 Å². The number of rotatable bonds is 3. The Morgan fingerprint density at radius 3 is 3.08 bits per heavy atom. The fraction of sp³-hybridized carbons (Fsp3) is 0.222. The molecule has 0 aliphatic heterocycles. The number of aromatic nitrogens is 1. The minimum absolute atomic E-state index is 0.394. The zero-order chi connectivity index (χ0) is 9.68. The van der Waals surface area contributed by atoms with Gasteiger partial charge < -0.3 is 10.5 Å². The first-order chi connectivity index (χ1) is 6.27. The number of hydrogen-bond acceptors (Lipinski definition) is 3. The molecular weight excluding hydrogens is 188 g/mol. The van der Waals surface area contributed by atoms with Crippen LogP contribution in [-0.4, -0.2) is 18.0 Å². The lowest BCUT2D eigenvalue weighted by atomic mass is 10.2. The van der Waals surface area contributed by atoms with Gasteiger partial charge in [-0.25, -0.2) is 4.98 Å². The molecule has 0 fully saturated rings. The average Bonchev–Trinajstić information content (AvgIpc) is 2.16. The summed E-state index contributed by atoms with van der Waals surface area (Å²) in [6, 6.07) is 1.81. The fourth-order valence-electron chi connectivity index (χ4n) is 0.906. The normalized spacial score (nSPS) is 10.6. The topological polar surface area (TPSA) is 48.1 Å². The first-order valence-corrected chi connectivity index (χ1v) is 4.33. The van der Waals surface area contributed by atoms with Gasteiger partial charge in [0.15, 0.2) is 11.6 Å². The van der Waals surface area contributed by atoms with Crippen LogP contribution in [0.5, 0.6) is 5.75 Å². The summed E-state index contributed by atoms with van der Waals surface area (Å²) in [5, 5.41) is 0. The third kappa shape index (κ3) is 2.63. The molecule has 0 bridgehead atoms. The smallest absolute Gasteiger partial charge is 0.166 e. The Morgan fingerprint density at radius 1 is 1.69 bits per heavy atom. The van der Waals surface area contributed by atoms with Crippen LogP contribution in [0.2, 0.25) is 0 Å². The molecule has 1 aromatic heterocycles. The molecule has 1 heterocycles. The van der Waals surface area contributed by atoms with Crippen LogP contribution < -0.4 is 10.5 Å². The van der Waals surface area contributed by atoms with Crippen molar-refractivity contribution in [3.05, 3.63) is 23.9 Å². The van der Waals surface area contributed by atoms with Crippen LogP contribution in [0.1, 0.15) is 5.56 Å². The molecule has 1 aromatic rings. The molecule has 4 heteroatoms. The summed E-state index contributed by atoms with van der Waals surface area (Å²) >= 11 is 5.49. The van der Waals surface area contributed by atoms with E-state index in [1.54, 1.807) is 13.3 Å². The van der Waals surface area contributed by atoms with Gasteiger partial charge in [0.05, 0.1) is 7.11 Å². The Morgan fingerprint density at radius 2 is 2.46 bits per heavy atom. The number of ether oxygens (including phenoxy) is 1. The van der Waals surface area contributed by atoms with Crippen LogP contribution in [0, 0.1) is 0 Å². The number of hydrogen-bond donors (Lipinski definition) is 1. The summed E-state index contributed by atoms with van der Waals surface area (Å²) in [5.41, 5.74) is 6.47. The van der Waals surface area contributed by atoms with E-state index in [9.17, 15) is 0 Å². The van der Waals surface area contributed by atoms with Crippen molar-refractivity contribution in [3.63, 3.8) is 0 Å². The zero-order valence-electron chi connectivity index (χ0n) is 7.33. The van der Waals surface area contributed by atoms with Crippen LogP contribution >= 0.6 is 11.6 Å². The van der Waals surface area contributed by atoms with Crippen LogP contribution in [0.15, 0.2) is 18.3 Å². The maximum absolute atomic E-state index is 5.54. The summed E-state index contributed by atoms with van der Waals surface area (Å²) in [5.74, 6) is 1.45. The van der Waals surface area contributed by atoms with Crippen molar-refractivity contribution in [2.45, 2.75) is 0 Å². The molecule has 2 N–H and O–H groups in total. The van der Waals surface area contributed by atoms with Crippen molar-refractivity contribution in [1.29, 1.82) is 0 Å². The molecule has 0 aliphatic carbocycles. The van der Waals surface area contributed by atoms with Crippen LogP contribution in [0.4, 0.5) is 5.82 Å². The van der Waals surface area contributed by atoms with E-state index in [0.29, 0.717) is 17.4 Å². The van der Waals surface area contributed by atoms with Gasteiger partial charge in [0.2, 0.25) is 0 Å². The molecule has 0 unspecified atom stereocenters. The molecule has 1 rings (SSSR count). The van der Waals surface area contributed by atoms with Crippen molar-refractivity contribution in [3.8, 4) is 5.75 Å². The van der Waals surface area contributed by atoms with Gasteiger partial charge in [0.1, 0.15) is 0 Å². The zero-order valence-corrected chi connectivity index (χ0v) is 8.08. The van der Waals surface area contributed by atoms with Gasteiger partial charge in [0.25, 0.3) is 0 Å². The molecule has 70 valence electrons. The Kier molecular flexibility index (Phi) is 3.58. The van der Waals surface area contributed by atoms with E-state index < -0.39 is 0 Å². The summed E-state index contributed by atoms with van der Waals surface area (Å²) in [6.07, 6.45) is 5.36. The van der Waals surface area contributed by atoms with Gasteiger partial charge >= 0.3 is 0 Å². The summed E-state index contributed by atoms with van der Waals surface area (Å²) in [7, 11) is 1.56. The quantitative estimate of drug-likeness (QED) is 0.755. The second-order valence-electron chi connectivity index (χ2n) is 2.41. The number of allylic oxidation sites excluding steroid dienone is 1. The number of alkyl halides is 1. The Bertz CT molecular complexity index is 312. The number of halogens is 1. The monoisotopic (exact) mass is 198 g/mol. The van der Waals surface area contributed by atoms with E-state index in [-0.39, 0.29) is 0 Å². The Hall–Kier alpha value is -1.22. The van der Waals surface area contributed by atoms with Gasteiger partial charge in [-0.3, -0.25) is 0 Å². The number of nitrogen functional groups attached to an aromatic ring is 1. The van der Waals surface area contributed by atoms with Crippen LogP contribution in [0.25, 0.3) is 6.08 Å². The second-order valence-corrected chi connectivity index (χ2v) is 2.72. The van der Waals surface area contributed by atoms with Crippen molar-refractivity contribution < 1.29 is 4.74 Å². The van der Waals surface area contributed by atoms with Gasteiger partial charge in [-0.2, -0.15) is 0 Å². The predicted molar refractivity (Wildman–Crippen MR) is 55.0 cm³/mol. The molecule has 0 atom stereocenters. The largest absolute Gasteiger partial charge is 0.493 e. The Balaban J connectivity index is 2.92. The molecular formula is C9H11ClN2O. The average molecular weight is 199 g/mol. The number of anilines is 1. The standard InChI is InChI=1S/C9H11ClN2O/c1-13-8-5-7(3-2-4-10)6-12-9(8)11/h2-3,5-6H,4H2,1H3,(H2,11,12). The number of methoxy groups -OCH3 is 1. The number of nitrogens with zero attached hydrogens (tertiary/aromatic N) is 1. The summed E-state index contributed by atoms with van der Waals surface area (Å²) in [4.78, 5) is 3.96. The van der Waals surface area contributed by atoms with E-state index in [1.165, 1.54) is 0 Å². The number of pyridine rings is 1. The molecule has 0 spiro atoms. The SMILES string of the molecule is COc1cc(C=CCCl)cnc1N. The van der Waals surface area contributed by atoms with E-state index >= 15 is 0 Å². The summed E-state index contributed by atoms with van der Waals surface area (Å²) < 4.78 is 5.01. The second kappa shape index (κ2) is 4.72. The highest BCUT2D eigenvalue weighted by atomic mass is 35.5. The Labute approximate surface area is 82.2 Å². The van der Waals surface area contributed by atoms with Crippen LogP contribution in [0.3, 0.4) is 0 Å². The number of nitrogens with two attached hydrogens (primary N) is 1. The van der Waals surface area contributed by atoms with Crippen molar-refractivity contribution >= 4 is 23.5 Å². The lowest BCUT2D eigenvalue weighted by molar-refractivity contribution is 0.415. The molecule has 0 aliphatic rings. The highest BCUT2D eigenvalue weighted by molar-refractivity contribution is 6.19. The van der Waals surface area contributed by atoms with E-state index in [1.807, 2.05) is 18.2 Å². The van der Waals surface area contributed by atoms with Gasteiger partial charge in [-0.1, -0.05) is 12.2 Å². The summed E-state index contributed by atoms with van der Waals surface area (Å²) in [6.45, 7) is 0. The lowest BCUT2D eigenvalue weighted by Crippen LogP contribution is -1.95. The molecule has 3 nitrogen and oxygen atoms in total. The van der Waals surface area contributed by atoms with Crippen molar-refractivity contribution in [1.82, 2.24) is 4.98 Å². The maximum Gasteiger partial charge on any atom is 0.166 e. The minimum atomic E-state index is 0.394. The minimum Gasteiger partial charge on any atom is -0.493 e. The van der Waals surface area contributed by atoms with Crippen molar-refractivity contribution in [2.24, 2.45) is 0 Å². The highest BCUT2D eigenvalue weighted by Gasteiger charge is 1.99. The third-order valence-electron chi connectivity index (χ3n) is 1.52. The molecule has 13 heavy (non-hydrogen) atoms. The van der Waals surface area contributed by atoms with Gasteiger partial charge in [0, 0.05) is 12.1 Å². The predicted octanol–water partition coefficient (Wildman–Crippen LogP) is 1.92. The molecule has 0 saturated carbocycles. The molecule has 0 aromatic carbocycles.